The molecule has 1 fully saturated rings. The van der Waals surface area contributed by atoms with Crippen LogP contribution in [0.4, 0.5) is 0 Å². The minimum Gasteiger partial charge on any atom is -0.311 e. The molecule has 0 amide bonds. The van der Waals surface area contributed by atoms with Gasteiger partial charge in [-0.2, -0.15) is 15.0 Å². The molecule has 1 aliphatic rings. The van der Waals surface area contributed by atoms with Gasteiger partial charge in [-0.25, -0.2) is 0 Å². The standard InChI is InChI=1S/C19H29N5/c1-2-24-21-14-19(22-24)13-20-12-18-10-6-7-11-23(16-18)15-17-8-4-3-5-9-17/h3-5,8-9,14,18,20H,2,6-7,10-13,15-16H2,1H3. The molecule has 1 N–H and O–H groups in total. The molecule has 0 radical (unpaired) electrons. The molecule has 5 nitrogen and oxygen atoms in total. The van der Waals surface area contributed by atoms with Crippen LogP contribution in [0.5, 0.6) is 0 Å². The predicted octanol–water partition coefficient (Wildman–Crippen LogP) is 2.69. The van der Waals surface area contributed by atoms with E-state index in [-0.39, 0.29) is 0 Å². The average Bonchev–Trinajstić information content (AvgIpc) is 2.96. The Morgan fingerprint density at radius 2 is 2.08 bits per heavy atom. The van der Waals surface area contributed by atoms with E-state index in [1.54, 1.807) is 4.80 Å². The highest BCUT2D eigenvalue weighted by Crippen LogP contribution is 2.18. The van der Waals surface area contributed by atoms with Gasteiger partial charge in [0.1, 0.15) is 0 Å². The van der Waals surface area contributed by atoms with Gasteiger partial charge >= 0.3 is 0 Å². The molecule has 5 heteroatoms. The van der Waals surface area contributed by atoms with E-state index in [1.165, 1.54) is 37.9 Å². The van der Waals surface area contributed by atoms with E-state index in [0.717, 1.165) is 37.8 Å². The van der Waals surface area contributed by atoms with Gasteiger partial charge in [-0.15, -0.1) is 0 Å². The Morgan fingerprint density at radius 1 is 1.21 bits per heavy atom. The summed E-state index contributed by atoms with van der Waals surface area (Å²) in [4.78, 5) is 4.35. The lowest BCUT2D eigenvalue weighted by Crippen LogP contribution is -2.33. The van der Waals surface area contributed by atoms with Crippen molar-refractivity contribution in [3.8, 4) is 0 Å². The van der Waals surface area contributed by atoms with Gasteiger partial charge in [-0.05, 0) is 44.3 Å². The van der Waals surface area contributed by atoms with Gasteiger partial charge in [0.2, 0.25) is 0 Å². The van der Waals surface area contributed by atoms with Crippen LogP contribution < -0.4 is 5.32 Å². The highest BCUT2D eigenvalue weighted by atomic mass is 15.5. The molecular weight excluding hydrogens is 298 g/mol. The summed E-state index contributed by atoms with van der Waals surface area (Å²) in [7, 11) is 0. The Labute approximate surface area is 145 Å². The Kier molecular flexibility index (Phi) is 6.38. The van der Waals surface area contributed by atoms with E-state index in [1.807, 2.05) is 6.20 Å². The molecule has 3 rings (SSSR count). The highest BCUT2D eigenvalue weighted by Gasteiger charge is 2.18. The fourth-order valence-corrected chi connectivity index (χ4v) is 3.44. The van der Waals surface area contributed by atoms with Crippen molar-refractivity contribution in [2.45, 2.75) is 45.8 Å². The van der Waals surface area contributed by atoms with E-state index < -0.39 is 0 Å². The van der Waals surface area contributed by atoms with Crippen LogP contribution in [-0.4, -0.2) is 39.5 Å². The summed E-state index contributed by atoms with van der Waals surface area (Å²) in [5.74, 6) is 0.720. The number of aromatic nitrogens is 3. The number of likely N-dealkylation sites (tertiary alicyclic amines) is 1. The Bertz CT molecular complexity index is 595. The van der Waals surface area contributed by atoms with Crippen molar-refractivity contribution in [3.63, 3.8) is 0 Å². The number of nitrogens with zero attached hydrogens (tertiary/aromatic N) is 4. The topological polar surface area (TPSA) is 46.0 Å². The number of hydrogen-bond donors (Lipinski definition) is 1. The molecule has 0 aliphatic carbocycles. The summed E-state index contributed by atoms with van der Waals surface area (Å²) in [6, 6.07) is 10.8. The van der Waals surface area contributed by atoms with Crippen LogP contribution in [-0.2, 0) is 19.6 Å². The molecule has 1 aromatic heterocycles. The molecule has 1 saturated heterocycles. The van der Waals surface area contributed by atoms with E-state index in [2.05, 4.69) is 57.7 Å². The monoisotopic (exact) mass is 327 g/mol. The second-order valence-electron chi connectivity index (χ2n) is 6.74. The minimum atomic E-state index is 0.720. The van der Waals surface area contributed by atoms with Gasteiger partial charge < -0.3 is 5.32 Å². The summed E-state index contributed by atoms with van der Waals surface area (Å²) < 4.78 is 0. The van der Waals surface area contributed by atoms with Crippen LogP contribution >= 0.6 is 0 Å². The smallest absolute Gasteiger partial charge is 0.0964 e. The second kappa shape index (κ2) is 8.94. The second-order valence-corrected chi connectivity index (χ2v) is 6.74. The van der Waals surface area contributed by atoms with Crippen LogP contribution in [0.3, 0.4) is 0 Å². The molecule has 0 saturated carbocycles. The van der Waals surface area contributed by atoms with Gasteiger partial charge in [0.15, 0.2) is 0 Å². The minimum absolute atomic E-state index is 0.720. The van der Waals surface area contributed by atoms with Gasteiger partial charge in [-0.3, -0.25) is 4.90 Å². The van der Waals surface area contributed by atoms with E-state index >= 15 is 0 Å². The summed E-state index contributed by atoms with van der Waals surface area (Å²) in [6.07, 6.45) is 5.84. The molecule has 24 heavy (non-hydrogen) atoms. The molecule has 2 heterocycles. The van der Waals surface area contributed by atoms with Gasteiger partial charge in [-0.1, -0.05) is 36.8 Å². The molecule has 1 atom stereocenters. The summed E-state index contributed by atoms with van der Waals surface area (Å²) in [5, 5.41) is 12.2. The number of nitrogens with one attached hydrogen (secondary N) is 1. The lowest BCUT2D eigenvalue weighted by molar-refractivity contribution is 0.237. The van der Waals surface area contributed by atoms with Crippen LogP contribution in [0.25, 0.3) is 0 Å². The third kappa shape index (κ3) is 5.14. The maximum atomic E-state index is 4.43. The molecule has 1 unspecified atom stereocenters. The Balaban J connectivity index is 1.46. The molecule has 130 valence electrons. The number of hydrogen-bond acceptors (Lipinski definition) is 4. The van der Waals surface area contributed by atoms with E-state index in [0.29, 0.717) is 0 Å². The van der Waals surface area contributed by atoms with Gasteiger partial charge in [0.05, 0.1) is 18.4 Å². The predicted molar refractivity (Wildman–Crippen MR) is 96.5 cm³/mol. The van der Waals surface area contributed by atoms with E-state index in [4.69, 9.17) is 0 Å². The average molecular weight is 327 g/mol. The third-order valence-corrected chi connectivity index (χ3v) is 4.71. The van der Waals surface area contributed by atoms with Crippen molar-refractivity contribution in [3.05, 3.63) is 47.8 Å². The maximum Gasteiger partial charge on any atom is 0.0964 e. The van der Waals surface area contributed by atoms with Crippen LogP contribution in [0.1, 0.15) is 37.4 Å². The third-order valence-electron chi connectivity index (χ3n) is 4.71. The van der Waals surface area contributed by atoms with Crippen molar-refractivity contribution >= 4 is 0 Å². The summed E-state index contributed by atoms with van der Waals surface area (Å²) >= 11 is 0. The maximum absolute atomic E-state index is 4.43. The first-order valence-electron chi connectivity index (χ1n) is 9.19. The highest BCUT2D eigenvalue weighted by molar-refractivity contribution is 5.14. The van der Waals surface area contributed by atoms with Crippen molar-refractivity contribution in [2.24, 2.45) is 5.92 Å². The lowest BCUT2D eigenvalue weighted by Gasteiger charge is -2.24. The summed E-state index contributed by atoms with van der Waals surface area (Å²) in [5.41, 5.74) is 2.45. The first-order valence-corrected chi connectivity index (χ1v) is 9.19. The number of benzene rings is 1. The van der Waals surface area contributed by atoms with Crippen molar-refractivity contribution in [2.75, 3.05) is 19.6 Å². The fourth-order valence-electron chi connectivity index (χ4n) is 3.44. The quantitative estimate of drug-likeness (QED) is 0.849. The lowest BCUT2D eigenvalue weighted by atomic mass is 10.0. The first-order chi connectivity index (χ1) is 11.8. The number of aryl methyl sites for hydroxylation is 1. The first kappa shape index (κ1) is 17.1. The molecule has 0 bridgehead atoms. The van der Waals surface area contributed by atoms with Gasteiger partial charge in [0, 0.05) is 19.6 Å². The zero-order valence-corrected chi connectivity index (χ0v) is 14.7. The Morgan fingerprint density at radius 3 is 2.88 bits per heavy atom. The Hall–Kier alpha value is -1.72. The largest absolute Gasteiger partial charge is 0.311 e. The normalized spacial score (nSPS) is 19.3. The zero-order chi connectivity index (χ0) is 16.6. The van der Waals surface area contributed by atoms with Gasteiger partial charge in [0.25, 0.3) is 0 Å². The van der Waals surface area contributed by atoms with Crippen LogP contribution in [0, 0.1) is 5.92 Å². The van der Waals surface area contributed by atoms with Crippen LogP contribution in [0.2, 0.25) is 0 Å². The summed E-state index contributed by atoms with van der Waals surface area (Å²) in [6.45, 7) is 8.24. The molecular formula is C19H29N5. The SMILES string of the molecule is CCn1ncc(CNCC2CCCCN(Cc3ccccc3)C2)n1. The van der Waals surface area contributed by atoms with Crippen molar-refractivity contribution < 1.29 is 0 Å². The van der Waals surface area contributed by atoms with Crippen molar-refractivity contribution in [1.82, 2.24) is 25.2 Å². The molecule has 0 spiro atoms. The fraction of sp³-hybridized carbons (Fsp3) is 0.579. The number of rotatable bonds is 7. The zero-order valence-electron chi connectivity index (χ0n) is 14.7. The molecule has 1 aliphatic heterocycles. The molecule has 1 aromatic carbocycles. The molecule has 2 aromatic rings. The van der Waals surface area contributed by atoms with Crippen LogP contribution in [0.15, 0.2) is 36.5 Å². The van der Waals surface area contributed by atoms with Crippen molar-refractivity contribution in [1.29, 1.82) is 0 Å². The van der Waals surface area contributed by atoms with E-state index in [9.17, 15) is 0 Å².